The van der Waals surface area contributed by atoms with Crippen LogP contribution in [0.1, 0.15) is 113 Å². The summed E-state index contributed by atoms with van der Waals surface area (Å²) in [5, 5.41) is 35.4. The van der Waals surface area contributed by atoms with Crippen LogP contribution in [0, 0.1) is 10.8 Å². The second-order valence-electron chi connectivity index (χ2n) is 14.7. The van der Waals surface area contributed by atoms with Crippen LogP contribution in [0.2, 0.25) is 0 Å². The van der Waals surface area contributed by atoms with Crippen LogP contribution in [-0.4, -0.2) is 44.1 Å². The molecule has 2 aromatic rings. The van der Waals surface area contributed by atoms with Gasteiger partial charge in [-0.05, 0) is 67.2 Å². The van der Waals surface area contributed by atoms with Gasteiger partial charge < -0.3 is 15.3 Å². The van der Waals surface area contributed by atoms with E-state index in [0.29, 0.717) is 22.6 Å². The fourth-order valence-electron chi connectivity index (χ4n) is 8.35. The second kappa shape index (κ2) is 10.9. The first-order chi connectivity index (χ1) is 20.9. The summed E-state index contributed by atoms with van der Waals surface area (Å²) in [6.07, 6.45) is 0.756. The fraction of sp³-hybridized carbons (Fsp3) is 0.474. The maximum absolute atomic E-state index is 14.3. The molecule has 3 N–H and O–H groups in total. The molecule has 3 aliphatic carbocycles. The van der Waals surface area contributed by atoms with E-state index in [-0.39, 0.29) is 66.3 Å². The van der Waals surface area contributed by atoms with Gasteiger partial charge in [-0.1, -0.05) is 77.4 Å². The number of rotatable bonds is 7. The standard InChI is InChI=1S/C38H44O7/c1-19(2)24-11-9-23(10-12-24)13-26(40)14-25-15-27(20(3)4)28-17-36(7)18-37(8)16-21(5)29(22(6)39)34(43)38(37,45)35(44)31(36)33(42)30(28)32(25)41/h9-12,15,19-20,41-42,45H,13-14,16-18H2,1-8H3/t36-,37+,38+/m1/s1. The minimum atomic E-state index is -2.54. The van der Waals surface area contributed by atoms with Gasteiger partial charge in [0.1, 0.15) is 17.3 Å². The van der Waals surface area contributed by atoms with Crippen molar-refractivity contribution in [1.29, 1.82) is 0 Å². The molecule has 0 aliphatic heterocycles. The van der Waals surface area contributed by atoms with Crippen molar-refractivity contribution in [2.45, 2.75) is 105 Å². The molecule has 0 saturated heterocycles. The molecule has 238 valence electrons. The van der Waals surface area contributed by atoms with E-state index in [1.165, 1.54) is 12.5 Å². The van der Waals surface area contributed by atoms with E-state index in [4.69, 9.17) is 0 Å². The number of hydrogen-bond donors (Lipinski definition) is 3. The molecule has 2 aromatic carbocycles. The van der Waals surface area contributed by atoms with Gasteiger partial charge in [-0.15, -0.1) is 0 Å². The highest BCUT2D eigenvalue weighted by Crippen LogP contribution is 2.62. The maximum Gasteiger partial charge on any atom is 0.206 e. The molecule has 3 aliphatic rings. The minimum absolute atomic E-state index is 0.0268. The third-order valence-corrected chi connectivity index (χ3v) is 10.4. The average molecular weight is 613 g/mol. The predicted octanol–water partition coefficient (Wildman–Crippen LogP) is 6.41. The normalized spacial score (nSPS) is 26.3. The molecule has 7 heteroatoms. The number of ketones is 4. The lowest BCUT2D eigenvalue weighted by Crippen LogP contribution is -2.67. The van der Waals surface area contributed by atoms with E-state index in [1.807, 2.05) is 51.1 Å². The number of hydrogen-bond acceptors (Lipinski definition) is 7. The average Bonchev–Trinajstić information content (AvgIpc) is 2.91. The number of benzene rings is 2. The van der Waals surface area contributed by atoms with Gasteiger partial charge in [0.2, 0.25) is 11.6 Å². The molecule has 3 atom stereocenters. The Morgan fingerprint density at radius 2 is 1.53 bits per heavy atom. The number of Topliss-reactive ketones (excluding diaryl/α,β-unsaturated/α-hetero) is 4. The fourth-order valence-corrected chi connectivity index (χ4v) is 8.35. The van der Waals surface area contributed by atoms with Crippen LogP contribution >= 0.6 is 0 Å². The Kier molecular flexibility index (Phi) is 7.89. The maximum atomic E-state index is 14.3. The molecule has 0 unspecified atom stereocenters. The summed E-state index contributed by atoms with van der Waals surface area (Å²) in [6, 6.07) is 9.72. The number of carbonyl (C=O) groups excluding carboxylic acids is 4. The van der Waals surface area contributed by atoms with Gasteiger partial charge >= 0.3 is 0 Å². The lowest BCUT2D eigenvalue weighted by molar-refractivity contribution is -0.171. The Morgan fingerprint density at radius 1 is 0.911 bits per heavy atom. The predicted molar refractivity (Wildman–Crippen MR) is 172 cm³/mol. The van der Waals surface area contributed by atoms with Crippen molar-refractivity contribution >= 4 is 28.9 Å². The molecule has 0 heterocycles. The lowest BCUT2D eigenvalue weighted by Gasteiger charge is -2.56. The Labute approximate surface area is 265 Å². The summed E-state index contributed by atoms with van der Waals surface area (Å²) < 4.78 is 0. The minimum Gasteiger partial charge on any atom is -0.507 e. The Morgan fingerprint density at radius 3 is 2.09 bits per heavy atom. The van der Waals surface area contributed by atoms with Crippen molar-refractivity contribution in [3.8, 4) is 5.75 Å². The highest BCUT2D eigenvalue weighted by Gasteiger charge is 2.69. The highest BCUT2D eigenvalue weighted by molar-refractivity contribution is 6.33. The van der Waals surface area contributed by atoms with Gasteiger partial charge in [0.15, 0.2) is 11.4 Å². The van der Waals surface area contributed by atoms with Crippen molar-refractivity contribution in [3.05, 3.63) is 80.4 Å². The Balaban J connectivity index is 1.60. The molecule has 1 saturated carbocycles. The summed E-state index contributed by atoms with van der Waals surface area (Å²) in [4.78, 5) is 53.7. The van der Waals surface area contributed by atoms with Gasteiger partial charge in [-0.25, -0.2) is 0 Å². The zero-order chi connectivity index (χ0) is 33.4. The molecule has 1 fully saturated rings. The van der Waals surface area contributed by atoms with Crippen LogP contribution in [0.4, 0.5) is 0 Å². The van der Waals surface area contributed by atoms with Crippen molar-refractivity contribution in [2.75, 3.05) is 0 Å². The first-order valence-corrected chi connectivity index (χ1v) is 15.8. The Hall–Kier alpha value is -3.84. The van der Waals surface area contributed by atoms with Crippen molar-refractivity contribution in [3.63, 3.8) is 0 Å². The summed E-state index contributed by atoms with van der Waals surface area (Å²) >= 11 is 0. The summed E-state index contributed by atoms with van der Waals surface area (Å²) in [6.45, 7) is 14.7. The number of fused-ring (bicyclic) bond motifs is 3. The van der Waals surface area contributed by atoms with Crippen molar-refractivity contribution in [1.82, 2.24) is 0 Å². The Bertz CT molecular complexity index is 1720. The third kappa shape index (κ3) is 4.91. The van der Waals surface area contributed by atoms with Crippen LogP contribution in [0.5, 0.6) is 5.75 Å². The molecule has 0 aromatic heterocycles. The first-order valence-electron chi connectivity index (χ1n) is 15.8. The number of allylic oxidation sites excluding steroid dienone is 1. The number of aliphatic hydroxyl groups is 2. The first kappa shape index (κ1) is 32.6. The van der Waals surface area contributed by atoms with Crippen molar-refractivity contribution < 1.29 is 34.5 Å². The molecule has 0 amide bonds. The highest BCUT2D eigenvalue weighted by atomic mass is 16.3. The van der Waals surface area contributed by atoms with Gasteiger partial charge in [0.25, 0.3) is 0 Å². The number of carbonyl (C=O) groups is 4. The summed E-state index contributed by atoms with van der Waals surface area (Å²) in [7, 11) is 0. The number of phenolic OH excluding ortho intramolecular Hbond substituents is 1. The van der Waals surface area contributed by atoms with Crippen LogP contribution < -0.4 is 0 Å². The molecular weight excluding hydrogens is 568 g/mol. The molecule has 0 spiro atoms. The van der Waals surface area contributed by atoms with Gasteiger partial charge in [0, 0.05) is 34.8 Å². The monoisotopic (exact) mass is 612 g/mol. The summed E-state index contributed by atoms with van der Waals surface area (Å²) in [5.74, 6) is -2.93. The van der Waals surface area contributed by atoms with Gasteiger partial charge in [-0.3, -0.25) is 19.2 Å². The van der Waals surface area contributed by atoms with Crippen LogP contribution in [0.25, 0.3) is 5.76 Å². The zero-order valence-electron chi connectivity index (χ0n) is 27.6. The van der Waals surface area contributed by atoms with E-state index >= 15 is 0 Å². The number of aliphatic hydroxyl groups excluding tert-OH is 1. The molecule has 45 heavy (non-hydrogen) atoms. The van der Waals surface area contributed by atoms with Gasteiger partial charge in [-0.2, -0.15) is 0 Å². The second-order valence-corrected chi connectivity index (χ2v) is 14.7. The summed E-state index contributed by atoms with van der Waals surface area (Å²) in [5.41, 5.74) is -0.470. The van der Waals surface area contributed by atoms with Gasteiger partial charge in [0.05, 0.1) is 11.1 Å². The van der Waals surface area contributed by atoms with Crippen LogP contribution in [0.3, 0.4) is 0 Å². The van der Waals surface area contributed by atoms with Crippen molar-refractivity contribution in [2.24, 2.45) is 10.8 Å². The molecule has 7 nitrogen and oxygen atoms in total. The number of aromatic hydroxyl groups is 1. The quantitative estimate of drug-likeness (QED) is 0.243. The van der Waals surface area contributed by atoms with E-state index in [0.717, 1.165) is 11.1 Å². The van der Waals surface area contributed by atoms with E-state index < -0.39 is 39.5 Å². The van der Waals surface area contributed by atoms with Crippen LogP contribution in [0.15, 0.2) is 47.1 Å². The lowest BCUT2D eigenvalue weighted by atomic mass is 9.46. The molecule has 0 radical (unpaired) electrons. The SMILES string of the molecule is CC(=O)C1=C(C)C[C@@]2(C)C[C@@]3(C)Cc4c(C(C)C)cc(CC(=O)Cc5ccc(C(C)C)cc5)c(O)c4C(O)=C3C(=O)[C@@]2(O)C1=O. The largest absolute Gasteiger partial charge is 0.507 e. The molecule has 0 bridgehead atoms. The van der Waals surface area contributed by atoms with E-state index in [1.54, 1.807) is 13.8 Å². The smallest absolute Gasteiger partial charge is 0.206 e. The topological polar surface area (TPSA) is 129 Å². The number of phenols is 1. The zero-order valence-corrected chi connectivity index (χ0v) is 27.6. The van der Waals surface area contributed by atoms with E-state index in [9.17, 15) is 34.5 Å². The third-order valence-electron chi connectivity index (χ3n) is 10.4. The van der Waals surface area contributed by atoms with Crippen LogP contribution in [-0.2, 0) is 38.4 Å². The van der Waals surface area contributed by atoms with E-state index in [2.05, 4.69) is 13.8 Å². The molecular formula is C38H44O7. The molecule has 5 rings (SSSR count).